The number of nitrogens with zero attached hydrogens (tertiary/aromatic N) is 1. The van der Waals surface area contributed by atoms with Crippen molar-refractivity contribution >= 4 is 43.2 Å². The third-order valence-corrected chi connectivity index (χ3v) is 5.71. The Labute approximate surface area is 127 Å². The molecule has 0 aliphatic rings. The molecular weight excluding hydrogens is 380 g/mol. The number of pyridine rings is 1. The van der Waals surface area contributed by atoms with E-state index in [-0.39, 0.29) is 6.04 Å². The van der Waals surface area contributed by atoms with Crippen molar-refractivity contribution in [3.63, 3.8) is 0 Å². The summed E-state index contributed by atoms with van der Waals surface area (Å²) >= 11 is 8.55. The molecule has 2 aromatic rings. The van der Waals surface area contributed by atoms with Gasteiger partial charge in [0.1, 0.15) is 5.75 Å². The van der Waals surface area contributed by atoms with Crippen LogP contribution in [0.1, 0.15) is 23.4 Å². The van der Waals surface area contributed by atoms with Gasteiger partial charge in [0.2, 0.25) is 0 Å². The van der Waals surface area contributed by atoms with Crippen molar-refractivity contribution in [1.29, 1.82) is 0 Å². The Morgan fingerprint density at radius 2 is 2.17 bits per heavy atom. The summed E-state index contributed by atoms with van der Waals surface area (Å²) in [6.07, 6.45) is 3.47. The first kappa shape index (κ1) is 14.0. The van der Waals surface area contributed by atoms with E-state index >= 15 is 0 Å². The van der Waals surface area contributed by atoms with Gasteiger partial charge in [0.05, 0.1) is 22.6 Å². The van der Waals surface area contributed by atoms with Crippen LogP contribution in [-0.2, 0) is 0 Å². The molecule has 2 heterocycles. The van der Waals surface area contributed by atoms with Crippen LogP contribution in [0.3, 0.4) is 0 Å². The highest BCUT2D eigenvalue weighted by Crippen LogP contribution is 2.36. The maximum absolute atomic E-state index is 6.24. The van der Waals surface area contributed by atoms with Crippen LogP contribution in [0.5, 0.6) is 5.75 Å². The lowest BCUT2D eigenvalue weighted by molar-refractivity contribution is 0.338. The molecule has 0 spiro atoms. The van der Waals surface area contributed by atoms with E-state index in [2.05, 4.69) is 36.8 Å². The standard InChI is InChI=1S/C12H12Br2N2OS/c1-2-17-8-3-7(5-16-6-8)11(15)10-4-9(13)12(14)18-10/h3-6,11H,2,15H2,1H3. The molecule has 1 unspecified atom stereocenters. The van der Waals surface area contributed by atoms with Gasteiger partial charge in [0.15, 0.2) is 0 Å². The summed E-state index contributed by atoms with van der Waals surface area (Å²) in [5, 5.41) is 0. The van der Waals surface area contributed by atoms with Gasteiger partial charge in [-0.05, 0) is 56.5 Å². The maximum Gasteiger partial charge on any atom is 0.137 e. The third kappa shape index (κ3) is 3.12. The van der Waals surface area contributed by atoms with E-state index < -0.39 is 0 Å². The van der Waals surface area contributed by atoms with Crippen LogP contribution in [0.15, 0.2) is 32.8 Å². The molecule has 2 aromatic heterocycles. The highest BCUT2D eigenvalue weighted by atomic mass is 79.9. The van der Waals surface area contributed by atoms with Crippen molar-refractivity contribution in [3.05, 3.63) is 43.2 Å². The van der Waals surface area contributed by atoms with Gasteiger partial charge in [-0.25, -0.2) is 0 Å². The summed E-state index contributed by atoms with van der Waals surface area (Å²) in [5.74, 6) is 0.750. The molecule has 0 aliphatic heterocycles. The largest absolute Gasteiger partial charge is 0.492 e. The second-order valence-electron chi connectivity index (χ2n) is 3.64. The van der Waals surface area contributed by atoms with E-state index in [1.807, 2.05) is 19.1 Å². The molecule has 6 heteroatoms. The number of ether oxygens (including phenoxy) is 1. The summed E-state index contributed by atoms with van der Waals surface area (Å²) in [6.45, 7) is 2.57. The topological polar surface area (TPSA) is 48.1 Å². The van der Waals surface area contributed by atoms with Crippen LogP contribution in [0.2, 0.25) is 0 Å². The Bertz CT molecular complexity index is 525. The monoisotopic (exact) mass is 390 g/mol. The van der Waals surface area contributed by atoms with E-state index in [1.54, 1.807) is 23.7 Å². The fourth-order valence-corrected chi connectivity index (χ4v) is 3.65. The minimum atomic E-state index is -0.189. The molecule has 2 N–H and O–H groups in total. The average Bonchev–Trinajstić information content (AvgIpc) is 2.69. The molecule has 0 radical (unpaired) electrons. The maximum atomic E-state index is 6.24. The van der Waals surface area contributed by atoms with Crippen molar-refractivity contribution < 1.29 is 4.74 Å². The molecule has 0 saturated heterocycles. The van der Waals surface area contributed by atoms with Gasteiger partial charge in [0.25, 0.3) is 0 Å². The predicted octanol–water partition coefficient (Wildman–Crippen LogP) is 4.11. The van der Waals surface area contributed by atoms with E-state index in [4.69, 9.17) is 10.5 Å². The number of hydrogen-bond acceptors (Lipinski definition) is 4. The highest BCUT2D eigenvalue weighted by molar-refractivity contribution is 9.13. The quantitative estimate of drug-likeness (QED) is 0.852. The van der Waals surface area contributed by atoms with Crippen LogP contribution >= 0.6 is 43.2 Å². The fraction of sp³-hybridized carbons (Fsp3) is 0.250. The number of nitrogens with two attached hydrogens (primary N) is 1. The number of halogens is 2. The smallest absolute Gasteiger partial charge is 0.137 e. The van der Waals surface area contributed by atoms with Gasteiger partial charge in [-0.1, -0.05) is 0 Å². The molecule has 2 rings (SSSR count). The lowest BCUT2D eigenvalue weighted by Crippen LogP contribution is -2.10. The Balaban J connectivity index is 2.27. The first-order valence-electron chi connectivity index (χ1n) is 5.40. The van der Waals surface area contributed by atoms with Gasteiger partial charge in [-0.2, -0.15) is 0 Å². The van der Waals surface area contributed by atoms with E-state index in [0.717, 1.165) is 24.4 Å². The highest BCUT2D eigenvalue weighted by Gasteiger charge is 2.14. The Morgan fingerprint density at radius 1 is 1.39 bits per heavy atom. The second-order valence-corrected chi connectivity index (χ2v) is 6.89. The second kappa shape index (κ2) is 6.14. The van der Waals surface area contributed by atoms with Crippen molar-refractivity contribution in [3.8, 4) is 5.75 Å². The first-order chi connectivity index (χ1) is 8.61. The van der Waals surface area contributed by atoms with E-state index in [0.29, 0.717) is 6.61 Å². The lowest BCUT2D eigenvalue weighted by Gasteiger charge is -2.11. The Hall–Kier alpha value is -0.430. The molecule has 0 aromatic carbocycles. The van der Waals surface area contributed by atoms with Gasteiger partial charge in [-0.3, -0.25) is 4.98 Å². The molecule has 0 aliphatic carbocycles. The molecule has 0 fully saturated rings. The van der Waals surface area contributed by atoms with E-state index in [1.165, 1.54) is 0 Å². The number of rotatable bonds is 4. The molecule has 18 heavy (non-hydrogen) atoms. The van der Waals surface area contributed by atoms with Crippen molar-refractivity contribution in [2.24, 2.45) is 5.73 Å². The van der Waals surface area contributed by atoms with Crippen LogP contribution in [0.4, 0.5) is 0 Å². The third-order valence-electron chi connectivity index (χ3n) is 2.38. The molecule has 1 atom stereocenters. The van der Waals surface area contributed by atoms with Gasteiger partial charge in [-0.15, -0.1) is 11.3 Å². The van der Waals surface area contributed by atoms with Gasteiger partial charge >= 0.3 is 0 Å². The number of aromatic nitrogens is 1. The summed E-state index contributed by atoms with van der Waals surface area (Å²) in [5.41, 5.74) is 7.18. The number of hydrogen-bond donors (Lipinski definition) is 1. The molecule has 0 saturated carbocycles. The summed E-state index contributed by atoms with van der Waals surface area (Å²) in [6, 6.07) is 3.76. The average molecular weight is 392 g/mol. The zero-order valence-electron chi connectivity index (χ0n) is 9.69. The molecule has 3 nitrogen and oxygen atoms in total. The minimum absolute atomic E-state index is 0.189. The lowest BCUT2D eigenvalue weighted by atomic mass is 10.1. The van der Waals surface area contributed by atoms with Gasteiger partial charge in [0, 0.05) is 15.5 Å². The van der Waals surface area contributed by atoms with Crippen molar-refractivity contribution in [1.82, 2.24) is 4.98 Å². The van der Waals surface area contributed by atoms with Crippen LogP contribution in [0.25, 0.3) is 0 Å². The number of thiophene rings is 1. The molecular formula is C12H12Br2N2OS. The minimum Gasteiger partial charge on any atom is -0.492 e. The zero-order valence-corrected chi connectivity index (χ0v) is 13.7. The van der Waals surface area contributed by atoms with E-state index in [9.17, 15) is 0 Å². The Kier molecular flexibility index (Phi) is 4.77. The normalized spacial score (nSPS) is 12.4. The van der Waals surface area contributed by atoms with Gasteiger partial charge < -0.3 is 10.5 Å². The summed E-state index contributed by atoms with van der Waals surface area (Å²) in [7, 11) is 0. The zero-order chi connectivity index (χ0) is 13.1. The first-order valence-corrected chi connectivity index (χ1v) is 7.80. The molecule has 0 bridgehead atoms. The van der Waals surface area contributed by atoms with Crippen molar-refractivity contribution in [2.75, 3.05) is 6.61 Å². The SMILES string of the molecule is CCOc1cncc(C(N)c2cc(Br)c(Br)s2)c1. The van der Waals surface area contributed by atoms with Crippen LogP contribution in [0, 0.1) is 0 Å². The van der Waals surface area contributed by atoms with Crippen LogP contribution < -0.4 is 10.5 Å². The molecule has 0 amide bonds. The summed E-state index contributed by atoms with van der Waals surface area (Å²) in [4.78, 5) is 5.23. The van der Waals surface area contributed by atoms with Crippen LogP contribution in [-0.4, -0.2) is 11.6 Å². The fourth-order valence-electron chi connectivity index (χ4n) is 1.53. The predicted molar refractivity (Wildman–Crippen MR) is 81.2 cm³/mol. The molecule has 96 valence electrons. The Morgan fingerprint density at radius 3 is 2.78 bits per heavy atom. The summed E-state index contributed by atoms with van der Waals surface area (Å²) < 4.78 is 7.49. The van der Waals surface area contributed by atoms with Crippen molar-refractivity contribution in [2.45, 2.75) is 13.0 Å².